The molecule has 6 aromatic rings. The van der Waals surface area contributed by atoms with Crippen molar-refractivity contribution in [2.75, 3.05) is 12.4 Å². The fourth-order valence-corrected chi connectivity index (χ4v) is 4.44. The number of nitrogens with one attached hydrogen (secondary N) is 3. The average Bonchev–Trinajstić information content (AvgIpc) is 3.56. The van der Waals surface area contributed by atoms with Crippen molar-refractivity contribution in [2.45, 2.75) is 20.8 Å². The van der Waals surface area contributed by atoms with Gasteiger partial charge < -0.3 is 15.0 Å². The fraction of sp³-hybridized carbons (Fsp3) is 0.167. The van der Waals surface area contributed by atoms with Gasteiger partial charge in [0.2, 0.25) is 5.91 Å². The maximum absolute atomic E-state index is 14.3. The van der Waals surface area contributed by atoms with E-state index >= 15 is 0 Å². The lowest BCUT2D eigenvalue weighted by Crippen LogP contribution is -2.27. The van der Waals surface area contributed by atoms with Crippen LogP contribution in [0.5, 0.6) is 5.75 Å². The number of fused-ring (bicyclic) bond motifs is 2. The van der Waals surface area contributed by atoms with Crippen LogP contribution in [0.25, 0.3) is 55.8 Å². The number of H-pyrrole nitrogens is 2. The summed E-state index contributed by atoms with van der Waals surface area (Å²) in [5, 5.41) is 11.3. The molecule has 0 atom stereocenters. The summed E-state index contributed by atoms with van der Waals surface area (Å²) in [6.45, 7) is 5.56. The molecule has 0 aliphatic carbocycles. The molecule has 6 rings (SSSR count). The third-order valence-corrected chi connectivity index (χ3v) is 6.56. The zero-order valence-corrected chi connectivity index (χ0v) is 22.3. The molecule has 0 bridgehead atoms. The van der Waals surface area contributed by atoms with Crippen LogP contribution in [0.4, 0.5) is 10.1 Å². The Labute approximate surface area is 228 Å². The van der Waals surface area contributed by atoms with E-state index in [-0.39, 0.29) is 5.91 Å². The number of amides is 1. The maximum Gasteiger partial charge on any atom is 0.229 e. The molecule has 0 saturated heterocycles. The van der Waals surface area contributed by atoms with E-state index in [4.69, 9.17) is 9.72 Å². The third kappa shape index (κ3) is 4.64. The van der Waals surface area contributed by atoms with E-state index in [9.17, 15) is 9.18 Å². The zero-order valence-electron chi connectivity index (χ0n) is 22.3. The standard InChI is InChI=1S/C30H26FN7O2/c1-30(2,3)29(39)34-19-10-17(14-32-15-19)22-5-6-24-27(36-22)28(38-37-24)25-13-21-23(35-25)7-8-33-26(21)16-9-18(31)12-20(11-16)40-4/h5-15,35H,1-4H3,(H,34,39)(H,37,38). The van der Waals surface area contributed by atoms with E-state index in [2.05, 4.69) is 30.5 Å². The minimum Gasteiger partial charge on any atom is -0.497 e. The van der Waals surface area contributed by atoms with Crippen molar-refractivity contribution in [3.8, 4) is 39.7 Å². The normalized spacial score (nSPS) is 11.7. The quantitative estimate of drug-likeness (QED) is 0.236. The van der Waals surface area contributed by atoms with Gasteiger partial charge >= 0.3 is 0 Å². The molecule has 40 heavy (non-hydrogen) atoms. The number of rotatable bonds is 5. The van der Waals surface area contributed by atoms with Crippen molar-refractivity contribution in [3.05, 3.63) is 72.9 Å². The summed E-state index contributed by atoms with van der Waals surface area (Å²) in [5.74, 6) is -0.0945. The molecule has 0 saturated carbocycles. The second kappa shape index (κ2) is 9.57. The number of carbonyl (C=O) groups excluding carboxylic acids is 1. The number of pyridine rings is 3. The van der Waals surface area contributed by atoms with Crippen LogP contribution >= 0.6 is 0 Å². The minimum atomic E-state index is -0.533. The summed E-state index contributed by atoms with van der Waals surface area (Å²) in [5.41, 5.74) is 6.31. The Balaban J connectivity index is 1.40. The van der Waals surface area contributed by atoms with Gasteiger partial charge in [-0.05, 0) is 42.5 Å². The van der Waals surface area contributed by atoms with Gasteiger partial charge in [-0.25, -0.2) is 9.37 Å². The number of aromatic amines is 2. The summed E-state index contributed by atoms with van der Waals surface area (Å²) in [4.78, 5) is 29.6. The van der Waals surface area contributed by atoms with E-state index in [1.165, 1.54) is 19.2 Å². The number of benzene rings is 1. The van der Waals surface area contributed by atoms with Gasteiger partial charge in [0.25, 0.3) is 0 Å². The zero-order chi connectivity index (χ0) is 28.0. The van der Waals surface area contributed by atoms with Crippen LogP contribution < -0.4 is 10.1 Å². The van der Waals surface area contributed by atoms with Crippen LogP contribution in [-0.4, -0.2) is 43.2 Å². The number of hydrogen-bond donors (Lipinski definition) is 3. The van der Waals surface area contributed by atoms with E-state index < -0.39 is 11.2 Å². The highest BCUT2D eigenvalue weighted by molar-refractivity contribution is 5.99. The molecule has 3 N–H and O–H groups in total. The summed E-state index contributed by atoms with van der Waals surface area (Å²) in [6, 6.07) is 13.9. The minimum absolute atomic E-state index is 0.101. The molecule has 0 aliphatic heterocycles. The van der Waals surface area contributed by atoms with Gasteiger partial charge in [0.15, 0.2) is 0 Å². The molecule has 0 fully saturated rings. The number of carbonyl (C=O) groups is 1. The van der Waals surface area contributed by atoms with Gasteiger partial charge in [0, 0.05) is 45.9 Å². The van der Waals surface area contributed by atoms with Crippen molar-refractivity contribution in [1.82, 2.24) is 30.1 Å². The number of aromatic nitrogens is 6. The van der Waals surface area contributed by atoms with E-state index in [0.717, 1.165) is 27.7 Å². The number of ether oxygens (including phenoxy) is 1. The van der Waals surface area contributed by atoms with Crippen LogP contribution in [0, 0.1) is 11.2 Å². The Morgan fingerprint density at radius 1 is 0.975 bits per heavy atom. The van der Waals surface area contributed by atoms with Gasteiger partial charge in [-0.15, -0.1) is 0 Å². The Hall–Kier alpha value is -5.12. The largest absolute Gasteiger partial charge is 0.497 e. The highest BCUT2D eigenvalue weighted by atomic mass is 19.1. The van der Waals surface area contributed by atoms with E-state index in [0.29, 0.717) is 39.6 Å². The van der Waals surface area contributed by atoms with Gasteiger partial charge in [-0.3, -0.25) is 19.9 Å². The predicted molar refractivity (Wildman–Crippen MR) is 152 cm³/mol. The van der Waals surface area contributed by atoms with Crippen LogP contribution in [0.3, 0.4) is 0 Å². The lowest BCUT2D eigenvalue weighted by atomic mass is 9.95. The SMILES string of the molecule is COc1cc(F)cc(-c2nccc3[nH]c(-c4n[nH]c5ccc(-c6cncc(NC(=O)C(C)(C)C)c6)nc45)cc23)c1. The Bertz CT molecular complexity index is 1900. The van der Waals surface area contributed by atoms with Crippen molar-refractivity contribution in [3.63, 3.8) is 0 Å². The molecule has 0 aliphatic rings. The van der Waals surface area contributed by atoms with Crippen molar-refractivity contribution >= 4 is 33.5 Å². The van der Waals surface area contributed by atoms with E-state index in [1.807, 2.05) is 51.1 Å². The van der Waals surface area contributed by atoms with Crippen LogP contribution in [-0.2, 0) is 4.79 Å². The topological polar surface area (TPSA) is 121 Å². The van der Waals surface area contributed by atoms with Gasteiger partial charge in [0.05, 0.1) is 41.6 Å². The summed E-state index contributed by atoms with van der Waals surface area (Å²) >= 11 is 0. The predicted octanol–water partition coefficient (Wildman–Crippen LogP) is 6.36. The molecule has 10 heteroatoms. The molecule has 5 aromatic heterocycles. The highest BCUT2D eigenvalue weighted by Gasteiger charge is 2.22. The first kappa shape index (κ1) is 25.2. The third-order valence-electron chi connectivity index (χ3n) is 6.56. The molecule has 200 valence electrons. The van der Waals surface area contributed by atoms with Crippen LogP contribution in [0.15, 0.2) is 67.1 Å². The second-order valence-corrected chi connectivity index (χ2v) is 10.5. The highest BCUT2D eigenvalue weighted by Crippen LogP contribution is 2.34. The van der Waals surface area contributed by atoms with Crippen LogP contribution in [0.2, 0.25) is 0 Å². The number of hydrogen-bond acceptors (Lipinski definition) is 6. The lowest BCUT2D eigenvalue weighted by Gasteiger charge is -2.17. The van der Waals surface area contributed by atoms with Crippen LogP contribution in [0.1, 0.15) is 20.8 Å². The smallest absolute Gasteiger partial charge is 0.229 e. The van der Waals surface area contributed by atoms with Gasteiger partial charge in [-0.2, -0.15) is 5.10 Å². The average molecular weight is 536 g/mol. The molecular formula is C30H26FN7O2. The molecule has 1 aromatic carbocycles. The molecule has 0 spiro atoms. The molecule has 1 amide bonds. The fourth-order valence-electron chi connectivity index (χ4n) is 4.44. The molecule has 9 nitrogen and oxygen atoms in total. The molecular weight excluding hydrogens is 509 g/mol. The first-order valence-corrected chi connectivity index (χ1v) is 12.6. The summed E-state index contributed by atoms with van der Waals surface area (Å²) < 4.78 is 19.5. The van der Waals surface area contributed by atoms with Crippen molar-refractivity contribution in [1.29, 1.82) is 0 Å². The molecule has 0 unspecified atom stereocenters. The van der Waals surface area contributed by atoms with Gasteiger partial charge in [-0.1, -0.05) is 20.8 Å². The number of halogens is 1. The summed E-state index contributed by atoms with van der Waals surface area (Å²) in [6.07, 6.45) is 4.99. The van der Waals surface area contributed by atoms with Crippen molar-refractivity contribution in [2.24, 2.45) is 5.41 Å². The maximum atomic E-state index is 14.3. The molecule has 5 heterocycles. The Kier molecular flexibility index (Phi) is 6.02. The summed E-state index contributed by atoms with van der Waals surface area (Å²) in [7, 11) is 1.50. The Morgan fingerprint density at radius 3 is 2.62 bits per heavy atom. The lowest BCUT2D eigenvalue weighted by molar-refractivity contribution is -0.123. The van der Waals surface area contributed by atoms with Crippen molar-refractivity contribution < 1.29 is 13.9 Å². The number of methoxy groups -OCH3 is 1. The Morgan fingerprint density at radius 2 is 1.82 bits per heavy atom. The number of nitrogens with zero attached hydrogens (tertiary/aromatic N) is 4. The number of anilines is 1. The first-order chi connectivity index (χ1) is 19.2. The van der Waals surface area contributed by atoms with Gasteiger partial charge in [0.1, 0.15) is 22.8 Å². The van der Waals surface area contributed by atoms with E-state index in [1.54, 1.807) is 24.7 Å². The monoisotopic (exact) mass is 535 g/mol. The molecule has 0 radical (unpaired) electrons. The first-order valence-electron chi connectivity index (χ1n) is 12.6. The second-order valence-electron chi connectivity index (χ2n) is 10.5.